The zero-order chi connectivity index (χ0) is 19.3. The van der Waals surface area contributed by atoms with Crippen molar-refractivity contribution in [3.05, 3.63) is 24.3 Å². The molecule has 0 radical (unpaired) electrons. The van der Waals surface area contributed by atoms with Crippen LogP contribution in [0.3, 0.4) is 0 Å². The Bertz CT molecular complexity index is 1020. The summed E-state index contributed by atoms with van der Waals surface area (Å²) in [6.45, 7) is -0.465. The molecule has 1 aliphatic rings. The van der Waals surface area contributed by atoms with Crippen molar-refractivity contribution in [3.63, 3.8) is 0 Å². The van der Waals surface area contributed by atoms with Gasteiger partial charge in [0.25, 0.3) is 11.9 Å². The van der Waals surface area contributed by atoms with Crippen LogP contribution in [-0.2, 0) is 4.74 Å². The van der Waals surface area contributed by atoms with Crippen LogP contribution in [0.15, 0.2) is 18.7 Å². The van der Waals surface area contributed by atoms with Crippen LogP contribution in [0.1, 0.15) is 16.6 Å². The summed E-state index contributed by atoms with van der Waals surface area (Å²) in [5.41, 5.74) is 11.8. The number of carbonyl (C=O) groups excluding carboxylic acids is 1. The van der Waals surface area contributed by atoms with Gasteiger partial charge in [0.2, 0.25) is 0 Å². The Kier molecular flexibility index (Phi) is 4.00. The molecule has 1 saturated heterocycles. The number of hydrogen-bond acceptors (Lipinski definition) is 10. The maximum absolute atomic E-state index is 11.2. The number of hydrogen-bond donors (Lipinski definition) is 5. The van der Waals surface area contributed by atoms with E-state index >= 15 is 0 Å². The molecule has 3 aromatic rings. The molecule has 4 heterocycles. The second kappa shape index (κ2) is 6.24. The molecule has 1 amide bonds. The summed E-state index contributed by atoms with van der Waals surface area (Å²) in [6.07, 6.45) is -0.650. The molecule has 4 atom stereocenters. The number of nitrogens with zero attached hydrogens (tertiary/aromatic N) is 6. The number of aromatic nitrogens is 6. The molecule has 0 aromatic carbocycles. The van der Waals surface area contributed by atoms with Crippen LogP contribution in [0.5, 0.6) is 0 Å². The lowest BCUT2D eigenvalue weighted by Gasteiger charge is -2.16. The number of aliphatic hydroxyl groups is 3. The summed E-state index contributed by atoms with van der Waals surface area (Å²) in [5, 5.41) is 33.4. The van der Waals surface area contributed by atoms with Gasteiger partial charge >= 0.3 is 0 Å². The lowest BCUT2D eigenvalue weighted by atomic mass is 10.1. The molecular weight excluding hydrogens is 360 g/mol. The molecule has 4 rings (SSSR count). The van der Waals surface area contributed by atoms with E-state index in [9.17, 15) is 20.1 Å². The quantitative estimate of drug-likeness (QED) is 0.319. The summed E-state index contributed by atoms with van der Waals surface area (Å²) in [4.78, 5) is 23.8. The number of fused-ring (bicyclic) bond motifs is 1. The van der Waals surface area contributed by atoms with Gasteiger partial charge in [-0.25, -0.2) is 9.67 Å². The zero-order valence-electron chi connectivity index (χ0n) is 13.7. The van der Waals surface area contributed by atoms with Crippen molar-refractivity contribution in [2.45, 2.75) is 24.5 Å². The monoisotopic (exact) mass is 376 g/mol. The molecule has 7 N–H and O–H groups in total. The number of primary amides is 1. The topological polar surface area (TPSA) is 200 Å². The Morgan fingerprint density at radius 3 is 2.70 bits per heavy atom. The number of nitrogen functional groups attached to an aromatic ring is 1. The molecule has 1 fully saturated rings. The van der Waals surface area contributed by atoms with Gasteiger partial charge in [-0.3, -0.25) is 9.36 Å². The van der Waals surface area contributed by atoms with Crippen molar-refractivity contribution >= 4 is 22.9 Å². The van der Waals surface area contributed by atoms with Gasteiger partial charge in [-0.05, 0) is 0 Å². The van der Waals surface area contributed by atoms with Crippen molar-refractivity contribution in [1.82, 2.24) is 29.3 Å². The number of imidazole rings is 1. The first-order valence-electron chi connectivity index (χ1n) is 7.88. The van der Waals surface area contributed by atoms with Gasteiger partial charge in [0.05, 0.1) is 24.7 Å². The number of ether oxygens (including phenoxy) is 1. The standard InChI is InChI=1S/C14H16N8O5/c15-10-7-12(20-14(19-10)22-2-5(1-18-22)11(16)26)21(4-17-7)13-9(25)8(24)6(3-23)27-13/h1-2,4,6,8-9,13,23-25H,3H2,(H2,16,26)(H2,15,19,20)/t6-,8+,9-,13-/m1/s1. The number of rotatable bonds is 4. The fourth-order valence-corrected chi connectivity index (χ4v) is 2.88. The summed E-state index contributed by atoms with van der Waals surface area (Å²) in [7, 11) is 0. The number of nitrogens with two attached hydrogens (primary N) is 2. The molecule has 3 aromatic heterocycles. The molecule has 0 unspecified atom stereocenters. The second-order valence-corrected chi connectivity index (χ2v) is 6.00. The zero-order valence-corrected chi connectivity index (χ0v) is 13.7. The molecule has 1 aliphatic heterocycles. The Balaban J connectivity index is 1.80. The van der Waals surface area contributed by atoms with Gasteiger partial charge in [-0.15, -0.1) is 0 Å². The molecule has 27 heavy (non-hydrogen) atoms. The van der Waals surface area contributed by atoms with Crippen LogP contribution < -0.4 is 11.5 Å². The summed E-state index contributed by atoms with van der Waals surface area (Å²) >= 11 is 0. The van der Waals surface area contributed by atoms with Gasteiger partial charge in [-0.2, -0.15) is 15.1 Å². The first-order valence-corrected chi connectivity index (χ1v) is 7.88. The molecule has 0 bridgehead atoms. The average molecular weight is 376 g/mol. The van der Waals surface area contributed by atoms with E-state index in [2.05, 4.69) is 20.1 Å². The van der Waals surface area contributed by atoms with Crippen molar-refractivity contribution in [3.8, 4) is 5.95 Å². The third-order valence-corrected chi connectivity index (χ3v) is 4.30. The Morgan fingerprint density at radius 2 is 2.07 bits per heavy atom. The highest BCUT2D eigenvalue weighted by Gasteiger charge is 2.44. The highest BCUT2D eigenvalue weighted by atomic mass is 16.6. The average Bonchev–Trinajstić information content (AvgIpc) is 3.34. The van der Waals surface area contributed by atoms with Gasteiger partial charge in [0.15, 0.2) is 17.7 Å². The highest BCUT2D eigenvalue weighted by Crippen LogP contribution is 2.32. The van der Waals surface area contributed by atoms with E-state index in [1.54, 1.807) is 0 Å². The lowest BCUT2D eigenvalue weighted by Crippen LogP contribution is -2.33. The highest BCUT2D eigenvalue weighted by molar-refractivity contribution is 5.92. The Labute approximate surface area is 150 Å². The van der Waals surface area contributed by atoms with E-state index in [-0.39, 0.29) is 28.5 Å². The number of carbonyl (C=O) groups is 1. The number of anilines is 1. The van der Waals surface area contributed by atoms with Crippen molar-refractivity contribution < 1.29 is 24.9 Å². The maximum atomic E-state index is 11.2. The minimum absolute atomic E-state index is 0.0385. The van der Waals surface area contributed by atoms with E-state index in [0.717, 1.165) is 0 Å². The predicted octanol–water partition coefficient (Wildman–Crippen LogP) is -2.70. The van der Waals surface area contributed by atoms with Gasteiger partial charge in [0, 0.05) is 6.20 Å². The van der Waals surface area contributed by atoms with E-state index < -0.39 is 37.1 Å². The number of amides is 1. The molecular formula is C14H16N8O5. The van der Waals surface area contributed by atoms with Crippen molar-refractivity contribution in [1.29, 1.82) is 0 Å². The van der Waals surface area contributed by atoms with Crippen molar-refractivity contribution in [2.24, 2.45) is 5.73 Å². The number of aliphatic hydroxyl groups excluding tert-OH is 3. The van der Waals surface area contributed by atoms with Crippen LogP contribution in [0.4, 0.5) is 5.82 Å². The normalized spacial score (nSPS) is 25.3. The summed E-state index contributed by atoms with van der Waals surface area (Å²) < 4.78 is 8.08. The van der Waals surface area contributed by atoms with Gasteiger partial charge in [0.1, 0.15) is 23.8 Å². The first-order chi connectivity index (χ1) is 12.9. The van der Waals surface area contributed by atoms with Crippen molar-refractivity contribution in [2.75, 3.05) is 12.3 Å². The van der Waals surface area contributed by atoms with Crippen LogP contribution in [0.2, 0.25) is 0 Å². The third-order valence-electron chi connectivity index (χ3n) is 4.30. The fourth-order valence-electron chi connectivity index (χ4n) is 2.88. The van der Waals surface area contributed by atoms with E-state index in [1.165, 1.54) is 28.0 Å². The van der Waals surface area contributed by atoms with E-state index in [4.69, 9.17) is 16.2 Å². The fraction of sp³-hybridized carbons (Fsp3) is 0.357. The lowest BCUT2D eigenvalue weighted by molar-refractivity contribution is -0.0511. The maximum Gasteiger partial charge on any atom is 0.254 e. The molecule has 142 valence electrons. The molecule has 0 aliphatic carbocycles. The van der Waals surface area contributed by atoms with Crippen LogP contribution in [-0.4, -0.2) is 75.4 Å². The largest absolute Gasteiger partial charge is 0.394 e. The van der Waals surface area contributed by atoms with Crippen LogP contribution in [0, 0.1) is 0 Å². The Morgan fingerprint density at radius 1 is 1.30 bits per heavy atom. The van der Waals surface area contributed by atoms with Gasteiger partial charge in [-0.1, -0.05) is 0 Å². The third kappa shape index (κ3) is 2.69. The minimum atomic E-state index is -1.31. The van der Waals surface area contributed by atoms with Crippen LogP contribution >= 0.6 is 0 Å². The summed E-state index contributed by atoms with van der Waals surface area (Å²) in [5.74, 6) is -0.579. The molecule has 0 spiro atoms. The molecule has 13 nitrogen and oxygen atoms in total. The van der Waals surface area contributed by atoms with Crippen LogP contribution in [0.25, 0.3) is 17.1 Å². The molecule has 13 heteroatoms. The summed E-state index contributed by atoms with van der Waals surface area (Å²) in [6, 6.07) is 0. The van der Waals surface area contributed by atoms with E-state index in [1.807, 2.05) is 0 Å². The minimum Gasteiger partial charge on any atom is -0.394 e. The predicted molar refractivity (Wildman–Crippen MR) is 88.4 cm³/mol. The smallest absolute Gasteiger partial charge is 0.254 e. The first kappa shape index (κ1) is 17.3. The van der Waals surface area contributed by atoms with Gasteiger partial charge < -0.3 is 31.5 Å². The Hall–Kier alpha value is -3.13. The molecule has 0 saturated carbocycles. The van der Waals surface area contributed by atoms with E-state index in [0.29, 0.717) is 0 Å². The SMILES string of the molecule is NC(=O)c1cnn(-c2nc(N)c3ncn([C@@H]4O[C@H](CO)[C@H](O)[C@H]4O)c3n2)c1. The second-order valence-electron chi connectivity index (χ2n) is 6.00.